The summed E-state index contributed by atoms with van der Waals surface area (Å²) in [5.74, 6) is -2.77. The fraction of sp³-hybridized carbons (Fsp3) is 0.273. The van der Waals surface area contributed by atoms with Crippen molar-refractivity contribution < 1.29 is 22.8 Å². The number of hydrogen-bond donors (Lipinski definition) is 1. The van der Waals surface area contributed by atoms with Gasteiger partial charge < -0.3 is 14.6 Å². The van der Waals surface area contributed by atoms with E-state index < -0.39 is 23.0 Å². The molecular weight excluding hydrogens is 484 g/mol. The fourth-order valence-corrected chi connectivity index (χ4v) is 3.64. The van der Waals surface area contributed by atoms with Crippen LogP contribution in [0.4, 0.5) is 8.78 Å². The Bertz CT molecular complexity index is 1380. The van der Waals surface area contributed by atoms with Crippen LogP contribution in [0, 0.1) is 11.6 Å². The van der Waals surface area contributed by atoms with Gasteiger partial charge in [-0.3, -0.25) is 4.79 Å². The molecule has 0 aliphatic carbocycles. The summed E-state index contributed by atoms with van der Waals surface area (Å²) in [5, 5.41) is 10.9. The SMILES string of the molecule is CCOc1c(C(C)(CNC(=O)c2noc(-c3ncc(F)cc3F)n2)c2cccc(Cl)n2)cnn1C. The van der Waals surface area contributed by atoms with E-state index in [1.165, 1.54) is 0 Å². The Morgan fingerprint density at radius 2 is 2.09 bits per heavy atom. The van der Waals surface area contributed by atoms with Crippen molar-refractivity contribution in [2.75, 3.05) is 13.2 Å². The largest absolute Gasteiger partial charge is 0.478 e. The predicted octanol–water partition coefficient (Wildman–Crippen LogP) is 3.33. The van der Waals surface area contributed by atoms with E-state index in [0.29, 0.717) is 29.8 Å². The number of amides is 1. The maximum atomic E-state index is 14.0. The van der Waals surface area contributed by atoms with Crippen LogP contribution in [0.2, 0.25) is 5.15 Å². The second-order valence-electron chi connectivity index (χ2n) is 7.69. The van der Waals surface area contributed by atoms with Gasteiger partial charge in [-0.05, 0) is 26.0 Å². The van der Waals surface area contributed by atoms with Gasteiger partial charge in [0, 0.05) is 25.2 Å². The van der Waals surface area contributed by atoms with E-state index in [0.717, 1.165) is 6.20 Å². The van der Waals surface area contributed by atoms with Crippen molar-refractivity contribution >= 4 is 17.5 Å². The lowest BCUT2D eigenvalue weighted by molar-refractivity contribution is 0.0933. The van der Waals surface area contributed by atoms with E-state index in [9.17, 15) is 13.6 Å². The molecule has 0 bridgehead atoms. The first-order valence-corrected chi connectivity index (χ1v) is 10.8. The molecule has 4 heterocycles. The highest BCUT2D eigenvalue weighted by Gasteiger charge is 2.37. The second kappa shape index (κ2) is 9.74. The highest BCUT2D eigenvalue weighted by Crippen LogP contribution is 2.36. The number of nitrogens with one attached hydrogen (secondary N) is 1. The fourth-order valence-electron chi connectivity index (χ4n) is 3.47. The number of carbonyl (C=O) groups is 1. The summed E-state index contributed by atoms with van der Waals surface area (Å²) in [6.45, 7) is 4.13. The standard InChI is InChI=1S/C22H20ClF2N7O3/c1-4-34-21-13(10-28-32(21)3)22(2,15-6-5-7-16(23)29-15)11-27-19(33)18-30-20(35-31-18)17-14(25)8-12(24)9-26-17/h5-10H,4,11H2,1-3H3,(H,27,33). The minimum atomic E-state index is -1.000. The first-order valence-electron chi connectivity index (χ1n) is 10.4. The van der Waals surface area contributed by atoms with Crippen molar-refractivity contribution in [3.8, 4) is 17.5 Å². The number of carbonyl (C=O) groups excluding carboxylic acids is 1. The number of nitrogens with zero attached hydrogens (tertiary/aromatic N) is 6. The first kappa shape index (κ1) is 24.2. The Hall–Kier alpha value is -3.93. The molecule has 0 saturated heterocycles. The summed E-state index contributed by atoms with van der Waals surface area (Å²) in [7, 11) is 1.74. The van der Waals surface area contributed by atoms with Gasteiger partial charge in [0.15, 0.2) is 11.5 Å². The molecule has 0 saturated carbocycles. The summed E-state index contributed by atoms with van der Waals surface area (Å²) in [5.41, 5.74) is -0.0622. The Kier molecular flexibility index (Phi) is 6.74. The molecule has 10 nitrogen and oxygen atoms in total. The van der Waals surface area contributed by atoms with Crippen molar-refractivity contribution in [2.24, 2.45) is 7.05 Å². The molecule has 13 heteroatoms. The molecule has 0 aliphatic rings. The summed E-state index contributed by atoms with van der Waals surface area (Å²) in [6.07, 6.45) is 2.44. The van der Waals surface area contributed by atoms with Crippen LogP contribution in [-0.2, 0) is 12.5 Å². The minimum Gasteiger partial charge on any atom is -0.478 e. The lowest BCUT2D eigenvalue weighted by Gasteiger charge is -2.29. The molecule has 0 spiro atoms. The third-order valence-electron chi connectivity index (χ3n) is 5.28. The molecule has 0 fully saturated rings. The molecule has 1 amide bonds. The average molecular weight is 504 g/mol. The normalized spacial score (nSPS) is 12.9. The van der Waals surface area contributed by atoms with Crippen molar-refractivity contribution in [1.29, 1.82) is 0 Å². The number of pyridine rings is 2. The number of ether oxygens (including phenoxy) is 1. The van der Waals surface area contributed by atoms with Gasteiger partial charge in [-0.15, -0.1) is 0 Å². The summed E-state index contributed by atoms with van der Waals surface area (Å²) < 4.78 is 39.4. The molecule has 35 heavy (non-hydrogen) atoms. The van der Waals surface area contributed by atoms with Gasteiger partial charge in [0.2, 0.25) is 5.88 Å². The van der Waals surface area contributed by atoms with E-state index >= 15 is 0 Å². The van der Waals surface area contributed by atoms with Crippen LogP contribution >= 0.6 is 11.6 Å². The van der Waals surface area contributed by atoms with Crippen LogP contribution in [0.15, 0.2) is 41.2 Å². The molecule has 4 aromatic rings. The van der Waals surface area contributed by atoms with Crippen LogP contribution in [0.5, 0.6) is 5.88 Å². The second-order valence-corrected chi connectivity index (χ2v) is 8.07. The summed E-state index contributed by atoms with van der Waals surface area (Å²) in [4.78, 5) is 24.8. The Morgan fingerprint density at radius 3 is 2.80 bits per heavy atom. The monoisotopic (exact) mass is 503 g/mol. The molecule has 0 radical (unpaired) electrons. The highest BCUT2D eigenvalue weighted by atomic mass is 35.5. The molecule has 0 aromatic carbocycles. The number of aromatic nitrogens is 6. The first-order chi connectivity index (χ1) is 16.7. The van der Waals surface area contributed by atoms with Crippen LogP contribution in [0.25, 0.3) is 11.6 Å². The number of hydrogen-bond acceptors (Lipinski definition) is 8. The van der Waals surface area contributed by atoms with Gasteiger partial charge in [-0.25, -0.2) is 23.4 Å². The van der Waals surface area contributed by atoms with Crippen LogP contribution in [-0.4, -0.2) is 48.9 Å². The van der Waals surface area contributed by atoms with Crippen molar-refractivity contribution in [3.63, 3.8) is 0 Å². The smallest absolute Gasteiger partial charge is 0.292 e. The van der Waals surface area contributed by atoms with Gasteiger partial charge in [0.05, 0.1) is 30.1 Å². The van der Waals surface area contributed by atoms with Gasteiger partial charge in [0.1, 0.15) is 11.0 Å². The summed E-state index contributed by atoms with van der Waals surface area (Å²) >= 11 is 6.14. The maximum absolute atomic E-state index is 14.0. The van der Waals surface area contributed by atoms with Crippen molar-refractivity contribution in [3.05, 3.63) is 70.5 Å². The predicted molar refractivity (Wildman–Crippen MR) is 120 cm³/mol. The molecule has 1 unspecified atom stereocenters. The zero-order valence-corrected chi connectivity index (χ0v) is 19.7. The third kappa shape index (κ3) is 4.83. The third-order valence-corrected chi connectivity index (χ3v) is 5.49. The van der Waals surface area contributed by atoms with Gasteiger partial charge in [-0.1, -0.05) is 22.8 Å². The average Bonchev–Trinajstić information content (AvgIpc) is 3.45. The maximum Gasteiger partial charge on any atom is 0.292 e. The Balaban J connectivity index is 1.63. The number of halogens is 3. The van der Waals surface area contributed by atoms with E-state index in [1.54, 1.807) is 36.1 Å². The van der Waals surface area contributed by atoms with Gasteiger partial charge in [0.25, 0.3) is 17.6 Å². The molecule has 1 N–H and O–H groups in total. The van der Waals surface area contributed by atoms with Crippen molar-refractivity contribution in [1.82, 2.24) is 35.2 Å². The van der Waals surface area contributed by atoms with Gasteiger partial charge >= 0.3 is 0 Å². The van der Waals surface area contributed by atoms with Crippen LogP contribution < -0.4 is 10.1 Å². The zero-order chi connectivity index (χ0) is 25.2. The van der Waals surface area contributed by atoms with E-state index in [1.807, 2.05) is 13.8 Å². The lowest BCUT2D eigenvalue weighted by Crippen LogP contribution is -2.40. The van der Waals surface area contributed by atoms with Crippen LogP contribution in [0.3, 0.4) is 0 Å². The Morgan fingerprint density at radius 1 is 1.29 bits per heavy atom. The topological polar surface area (TPSA) is 121 Å². The van der Waals surface area contributed by atoms with Crippen LogP contribution in [0.1, 0.15) is 35.7 Å². The van der Waals surface area contributed by atoms with E-state index in [-0.39, 0.29) is 29.1 Å². The van der Waals surface area contributed by atoms with E-state index in [4.69, 9.17) is 20.9 Å². The highest BCUT2D eigenvalue weighted by molar-refractivity contribution is 6.29. The quantitative estimate of drug-likeness (QED) is 0.363. The molecule has 4 aromatic heterocycles. The Labute approximate surface area is 203 Å². The van der Waals surface area contributed by atoms with Gasteiger partial charge in [-0.2, -0.15) is 10.1 Å². The van der Waals surface area contributed by atoms with E-state index in [2.05, 4.69) is 30.5 Å². The lowest BCUT2D eigenvalue weighted by atomic mass is 9.80. The molecule has 0 aliphatic heterocycles. The summed E-state index contributed by atoms with van der Waals surface area (Å²) in [6, 6.07) is 5.78. The molecule has 182 valence electrons. The minimum absolute atomic E-state index is 0.0258. The number of rotatable bonds is 8. The van der Waals surface area contributed by atoms with Crippen molar-refractivity contribution in [2.45, 2.75) is 19.3 Å². The molecule has 4 rings (SSSR count). The zero-order valence-electron chi connectivity index (χ0n) is 18.9. The molecule has 1 atom stereocenters. The number of aryl methyl sites for hydroxylation is 1. The molecular formula is C22H20ClF2N7O3.